The first kappa shape index (κ1) is 13.5. The molecule has 0 aliphatic rings. The molecule has 0 fully saturated rings. The van der Waals surface area contributed by atoms with Crippen molar-refractivity contribution in [2.75, 3.05) is 0 Å². The number of benzene rings is 2. The Morgan fingerprint density at radius 1 is 0.714 bits per heavy atom. The highest BCUT2D eigenvalue weighted by Crippen LogP contribution is 2.08. The lowest BCUT2D eigenvalue weighted by Gasteiger charge is -2.01. The van der Waals surface area contributed by atoms with Gasteiger partial charge < -0.3 is 9.73 Å². The molecule has 106 valence electrons. The zero-order valence-corrected chi connectivity index (χ0v) is 11.7. The Bertz CT molecular complexity index is 665. The second kappa shape index (κ2) is 6.81. The molecular weight excluding hydrogens is 262 g/mol. The molecule has 0 unspecified atom stereocenters. The van der Waals surface area contributed by atoms with Crippen molar-refractivity contribution in [2.24, 2.45) is 0 Å². The van der Waals surface area contributed by atoms with Gasteiger partial charge in [-0.15, -0.1) is 10.2 Å². The van der Waals surface area contributed by atoms with Crippen LogP contribution in [0.4, 0.5) is 0 Å². The van der Waals surface area contributed by atoms with Crippen LogP contribution in [0.3, 0.4) is 0 Å². The largest absolute Gasteiger partial charge is 0.424 e. The van der Waals surface area contributed by atoms with Crippen molar-refractivity contribution in [2.45, 2.75) is 19.5 Å². The fourth-order valence-corrected chi connectivity index (χ4v) is 2.11. The third-order valence-corrected chi connectivity index (χ3v) is 3.16. The fraction of sp³-hybridized carbons (Fsp3) is 0.176. The maximum Gasteiger partial charge on any atom is 0.230 e. The van der Waals surface area contributed by atoms with Gasteiger partial charge in [-0.25, -0.2) is 0 Å². The lowest BCUT2D eigenvalue weighted by molar-refractivity contribution is 0.438. The molecule has 0 radical (unpaired) electrons. The predicted molar refractivity (Wildman–Crippen MR) is 80.5 cm³/mol. The molecule has 3 aromatic rings. The standard InChI is InChI=1S/C17H17N3O/c1-3-7-14(8-4-1)11-16-19-20-17(21-16)13-18-12-15-9-5-2-6-10-15/h1-10,18H,11-13H2. The van der Waals surface area contributed by atoms with Gasteiger partial charge in [-0.1, -0.05) is 60.7 Å². The van der Waals surface area contributed by atoms with Gasteiger partial charge in [0.1, 0.15) is 0 Å². The van der Waals surface area contributed by atoms with Crippen molar-refractivity contribution in [3.05, 3.63) is 83.6 Å². The third kappa shape index (κ3) is 4.00. The van der Waals surface area contributed by atoms with E-state index in [-0.39, 0.29) is 0 Å². The average Bonchev–Trinajstić information content (AvgIpc) is 2.97. The highest BCUT2D eigenvalue weighted by atomic mass is 16.4. The van der Waals surface area contributed by atoms with Crippen molar-refractivity contribution in [3.8, 4) is 0 Å². The molecule has 21 heavy (non-hydrogen) atoms. The lowest BCUT2D eigenvalue weighted by atomic mass is 10.2. The number of rotatable bonds is 6. The van der Waals surface area contributed by atoms with Crippen LogP contribution in [-0.2, 0) is 19.5 Å². The van der Waals surface area contributed by atoms with Gasteiger partial charge in [-0.3, -0.25) is 0 Å². The molecule has 0 aliphatic carbocycles. The monoisotopic (exact) mass is 279 g/mol. The molecule has 1 aromatic heterocycles. The van der Waals surface area contributed by atoms with E-state index >= 15 is 0 Å². The molecule has 1 N–H and O–H groups in total. The van der Waals surface area contributed by atoms with Crippen LogP contribution in [0.1, 0.15) is 22.9 Å². The number of nitrogens with zero attached hydrogens (tertiary/aromatic N) is 2. The van der Waals surface area contributed by atoms with Gasteiger partial charge >= 0.3 is 0 Å². The zero-order valence-electron chi connectivity index (χ0n) is 11.7. The molecule has 0 atom stereocenters. The molecule has 1 heterocycles. The first-order valence-electron chi connectivity index (χ1n) is 7.00. The van der Waals surface area contributed by atoms with Crippen molar-refractivity contribution >= 4 is 0 Å². The van der Waals surface area contributed by atoms with E-state index < -0.39 is 0 Å². The molecule has 0 saturated carbocycles. The summed E-state index contributed by atoms with van der Waals surface area (Å²) < 4.78 is 5.64. The molecule has 0 spiro atoms. The van der Waals surface area contributed by atoms with Crippen LogP contribution in [0.5, 0.6) is 0 Å². The maximum absolute atomic E-state index is 5.64. The molecule has 0 saturated heterocycles. The zero-order chi connectivity index (χ0) is 14.3. The SMILES string of the molecule is c1ccc(CNCc2nnc(Cc3ccccc3)o2)cc1. The van der Waals surface area contributed by atoms with Crippen molar-refractivity contribution in [1.29, 1.82) is 0 Å². The Hall–Kier alpha value is -2.46. The number of aromatic nitrogens is 2. The minimum absolute atomic E-state index is 0.580. The molecule has 4 nitrogen and oxygen atoms in total. The number of hydrogen-bond acceptors (Lipinski definition) is 4. The van der Waals surface area contributed by atoms with Crippen LogP contribution >= 0.6 is 0 Å². The van der Waals surface area contributed by atoms with Crippen LogP contribution in [0.15, 0.2) is 65.1 Å². The summed E-state index contributed by atoms with van der Waals surface area (Å²) in [5, 5.41) is 11.4. The summed E-state index contributed by atoms with van der Waals surface area (Å²) in [7, 11) is 0. The molecule has 2 aromatic carbocycles. The minimum Gasteiger partial charge on any atom is -0.424 e. The van der Waals surface area contributed by atoms with E-state index in [2.05, 4.69) is 39.8 Å². The van der Waals surface area contributed by atoms with Crippen LogP contribution in [-0.4, -0.2) is 10.2 Å². The second-order valence-corrected chi connectivity index (χ2v) is 4.84. The Labute approximate surface area is 123 Å². The van der Waals surface area contributed by atoms with Gasteiger partial charge in [-0.2, -0.15) is 0 Å². The second-order valence-electron chi connectivity index (χ2n) is 4.84. The van der Waals surface area contributed by atoms with E-state index in [4.69, 9.17) is 4.42 Å². The fourth-order valence-electron chi connectivity index (χ4n) is 2.11. The Morgan fingerprint density at radius 3 is 2.05 bits per heavy atom. The summed E-state index contributed by atoms with van der Waals surface area (Å²) in [6.45, 7) is 1.37. The highest BCUT2D eigenvalue weighted by Gasteiger charge is 2.06. The van der Waals surface area contributed by atoms with Crippen molar-refractivity contribution < 1.29 is 4.42 Å². The summed E-state index contributed by atoms with van der Waals surface area (Å²) in [5.74, 6) is 1.27. The van der Waals surface area contributed by atoms with E-state index in [1.807, 2.05) is 36.4 Å². The summed E-state index contributed by atoms with van der Waals surface area (Å²) >= 11 is 0. The Morgan fingerprint density at radius 2 is 1.33 bits per heavy atom. The van der Waals surface area contributed by atoms with E-state index in [0.29, 0.717) is 24.7 Å². The van der Waals surface area contributed by atoms with Crippen LogP contribution in [0.2, 0.25) is 0 Å². The molecular formula is C17H17N3O. The Kier molecular flexibility index (Phi) is 4.39. The van der Waals surface area contributed by atoms with Crippen LogP contribution in [0, 0.1) is 0 Å². The van der Waals surface area contributed by atoms with Gasteiger partial charge in [0, 0.05) is 6.54 Å². The van der Waals surface area contributed by atoms with E-state index in [0.717, 1.165) is 6.54 Å². The third-order valence-electron chi connectivity index (χ3n) is 3.16. The molecule has 4 heteroatoms. The van der Waals surface area contributed by atoms with Crippen molar-refractivity contribution in [3.63, 3.8) is 0 Å². The van der Waals surface area contributed by atoms with Crippen LogP contribution in [0.25, 0.3) is 0 Å². The summed E-state index contributed by atoms with van der Waals surface area (Å²) in [4.78, 5) is 0. The first-order chi connectivity index (χ1) is 10.4. The number of nitrogens with one attached hydrogen (secondary N) is 1. The summed E-state index contributed by atoms with van der Waals surface area (Å²) in [6.07, 6.45) is 0.673. The molecule has 3 rings (SSSR count). The van der Waals surface area contributed by atoms with Gasteiger partial charge in [-0.05, 0) is 11.1 Å². The van der Waals surface area contributed by atoms with E-state index in [9.17, 15) is 0 Å². The summed E-state index contributed by atoms with van der Waals surface area (Å²) in [5.41, 5.74) is 2.41. The summed E-state index contributed by atoms with van der Waals surface area (Å²) in [6, 6.07) is 20.4. The van der Waals surface area contributed by atoms with E-state index in [1.54, 1.807) is 0 Å². The quantitative estimate of drug-likeness (QED) is 0.753. The smallest absolute Gasteiger partial charge is 0.230 e. The van der Waals surface area contributed by atoms with Gasteiger partial charge in [0.25, 0.3) is 0 Å². The van der Waals surface area contributed by atoms with E-state index in [1.165, 1.54) is 11.1 Å². The van der Waals surface area contributed by atoms with Gasteiger partial charge in [0.2, 0.25) is 11.8 Å². The number of hydrogen-bond donors (Lipinski definition) is 1. The van der Waals surface area contributed by atoms with Crippen LogP contribution < -0.4 is 5.32 Å². The minimum atomic E-state index is 0.580. The predicted octanol–water partition coefficient (Wildman–Crippen LogP) is 2.95. The molecule has 0 aliphatic heterocycles. The first-order valence-corrected chi connectivity index (χ1v) is 7.00. The normalized spacial score (nSPS) is 10.7. The van der Waals surface area contributed by atoms with Gasteiger partial charge in [0.05, 0.1) is 13.0 Å². The average molecular weight is 279 g/mol. The molecule has 0 amide bonds. The maximum atomic E-state index is 5.64. The van der Waals surface area contributed by atoms with Gasteiger partial charge in [0.15, 0.2) is 0 Å². The topological polar surface area (TPSA) is 51.0 Å². The lowest BCUT2D eigenvalue weighted by Crippen LogP contribution is -2.12. The highest BCUT2D eigenvalue weighted by molar-refractivity contribution is 5.17. The molecule has 0 bridgehead atoms. The van der Waals surface area contributed by atoms with Crippen molar-refractivity contribution in [1.82, 2.24) is 15.5 Å². The Balaban J connectivity index is 1.51.